The fourth-order valence-corrected chi connectivity index (χ4v) is 2.30. The topological polar surface area (TPSA) is 80.3 Å². The molecule has 6 heteroatoms. The molecule has 2 aromatic rings. The Balaban J connectivity index is 2.01. The van der Waals surface area contributed by atoms with Gasteiger partial charge in [0.1, 0.15) is 5.82 Å². The van der Waals surface area contributed by atoms with E-state index in [0.29, 0.717) is 29.2 Å². The molecule has 0 saturated heterocycles. The fraction of sp³-hybridized carbons (Fsp3) is 0.316. The van der Waals surface area contributed by atoms with Crippen LogP contribution in [0.1, 0.15) is 46.9 Å². The normalized spacial score (nSPS) is 10.2. The van der Waals surface area contributed by atoms with Crippen LogP contribution in [0.15, 0.2) is 42.6 Å². The zero-order valence-electron chi connectivity index (χ0n) is 14.5. The van der Waals surface area contributed by atoms with Crippen molar-refractivity contribution in [2.75, 3.05) is 19.0 Å². The molecule has 0 fully saturated rings. The fourth-order valence-electron chi connectivity index (χ4n) is 2.30. The van der Waals surface area contributed by atoms with Crippen LogP contribution in [0.5, 0.6) is 0 Å². The summed E-state index contributed by atoms with van der Waals surface area (Å²) in [5.74, 6) is -0.0184. The minimum Gasteiger partial charge on any atom is -0.465 e. The second-order valence-electron chi connectivity index (χ2n) is 5.56. The maximum absolute atomic E-state index is 12.0. The van der Waals surface area contributed by atoms with Crippen molar-refractivity contribution in [3.05, 3.63) is 53.7 Å². The van der Waals surface area contributed by atoms with Crippen LogP contribution in [0.2, 0.25) is 0 Å². The summed E-state index contributed by atoms with van der Waals surface area (Å²) in [6, 6.07) is 10.4. The number of nitrogens with one attached hydrogen (secondary N) is 2. The van der Waals surface area contributed by atoms with Crippen molar-refractivity contribution >= 4 is 23.4 Å². The molecule has 2 N–H and O–H groups in total. The van der Waals surface area contributed by atoms with Gasteiger partial charge in [0.2, 0.25) is 0 Å². The molecule has 2 rings (SSSR count). The quantitative estimate of drug-likeness (QED) is 0.567. The van der Waals surface area contributed by atoms with Gasteiger partial charge in [-0.1, -0.05) is 31.9 Å². The van der Waals surface area contributed by atoms with Gasteiger partial charge in [0.15, 0.2) is 0 Å². The molecule has 0 saturated carbocycles. The molecule has 1 aromatic carbocycles. The van der Waals surface area contributed by atoms with Gasteiger partial charge in [-0.25, -0.2) is 9.78 Å². The van der Waals surface area contributed by atoms with Crippen LogP contribution in [-0.4, -0.2) is 30.5 Å². The molecule has 0 aliphatic carbocycles. The number of anilines is 2. The number of hydrogen-bond donors (Lipinski definition) is 2. The first-order valence-electron chi connectivity index (χ1n) is 8.34. The third kappa shape index (κ3) is 5.31. The van der Waals surface area contributed by atoms with E-state index in [2.05, 4.69) is 22.5 Å². The molecule has 0 aliphatic heterocycles. The summed E-state index contributed by atoms with van der Waals surface area (Å²) in [6.07, 6.45) is 4.70. The van der Waals surface area contributed by atoms with E-state index >= 15 is 0 Å². The maximum Gasteiger partial charge on any atom is 0.339 e. The Labute approximate surface area is 147 Å². The van der Waals surface area contributed by atoms with Gasteiger partial charge in [0.05, 0.1) is 23.9 Å². The Morgan fingerprint density at radius 2 is 1.92 bits per heavy atom. The zero-order chi connectivity index (χ0) is 18.1. The van der Waals surface area contributed by atoms with Crippen LogP contribution in [0.4, 0.5) is 11.5 Å². The van der Waals surface area contributed by atoms with E-state index in [1.807, 2.05) is 6.07 Å². The predicted molar refractivity (Wildman–Crippen MR) is 97.2 cm³/mol. The lowest BCUT2D eigenvalue weighted by molar-refractivity contribution is 0.0601. The van der Waals surface area contributed by atoms with Crippen LogP contribution in [-0.2, 0) is 4.74 Å². The van der Waals surface area contributed by atoms with E-state index in [-0.39, 0.29) is 5.91 Å². The zero-order valence-corrected chi connectivity index (χ0v) is 14.5. The number of rotatable bonds is 8. The summed E-state index contributed by atoms with van der Waals surface area (Å²) >= 11 is 0. The monoisotopic (exact) mass is 341 g/mol. The molecule has 0 aliphatic rings. The third-order valence-electron chi connectivity index (χ3n) is 3.69. The maximum atomic E-state index is 12.0. The molecule has 0 atom stereocenters. The Kier molecular flexibility index (Phi) is 6.95. The average molecular weight is 341 g/mol. The standard InChI is InChI=1S/C19H23N3O3/c1-3-4-7-12-20-18(23)14-10-11-17(21-13-14)22-16-9-6-5-8-15(16)19(24)25-2/h5-6,8-11,13H,3-4,7,12H2,1-2H3,(H,20,23)(H,21,22). The Morgan fingerprint density at radius 1 is 1.12 bits per heavy atom. The largest absolute Gasteiger partial charge is 0.465 e. The molecule has 0 spiro atoms. The van der Waals surface area contributed by atoms with Crippen LogP contribution in [0, 0.1) is 0 Å². The number of hydrogen-bond acceptors (Lipinski definition) is 5. The van der Waals surface area contributed by atoms with Gasteiger partial charge >= 0.3 is 5.97 Å². The highest BCUT2D eigenvalue weighted by Gasteiger charge is 2.12. The minimum atomic E-state index is -0.425. The summed E-state index contributed by atoms with van der Waals surface area (Å²) in [5, 5.41) is 5.94. The molecule has 25 heavy (non-hydrogen) atoms. The van der Waals surface area contributed by atoms with Crippen molar-refractivity contribution < 1.29 is 14.3 Å². The first-order valence-corrected chi connectivity index (χ1v) is 8.34. The highest BCUT2D eigenvalue weighted by Crippen LogP contribution is 2.20. The first-order chi connectivity index (χ1) is 12.2. The second-order valence-corrected chi connectivity index (χ2v) is 5.56. The molecule has 1 amide bonds. The van der Waals surface area contributed by atoms with E-state index in [0.717, 1.165) is 19.3 Å². The first kappa shape index (κ1) is 18.4. The minimum absolute atomic E-state index is 0.134. The lowest BCUT2D eigenvalue weighted by Crippen LogP contribution is -2.24. The number of carbonyl (C=O) groups excluding carboxylic acids is 2. The van der Waals surface area contributed by atoms with E-state index in [9.17, 15) is 9.59 Å². The molecule has 132 valence electrons. The number of methoxy groups -OCH3 is 1. The van der Waals surface area contributed by atoms with Crippen LogP contribution >= 0.6 is 0 Å². The molecular formula is C19H23N3O3. The van der Waals surface area contributed by atoms with Crippen molar-refractivity contribution in [1.29, 1.82) is 0 Å². The highest BCUT2D eigenvalue weighted by molar-refractivity contribution is 5.96. The smallest absolute Gasteiger partial charge is 0.339 e. The number of unbranched alkanes of at least 4 members (excludes halogenated alkanes) is 2. The molecule has 6 nitrogen and oxygen atoms in total. The number of nitrogens with zero attached hydrogens (tertiary/aromatic N) is 1. The Morgan fingerprint density at radius 3 is 2.60 bits per heavy atom. The van der Waals surface area contributed by atoms with Gasteiger partial charge in [0, 0.05) is 12.7 Å². The molecule has 0 unspecified atom stereocenters. The molecule has 0 bridgehead atoms. The second kappa shape index (κ2) is 9.42. The Bertz CT molecular complexity index is 714. The number of aromatic nitrogens is 1. The van der Waals surface area contributed by atoms with Crippen molar-refractivity contribution in [3.63, 3.8) is 0 Å². The van der Waals surface area contributed by atoms with Crippen molar-refractivity contribution in [2.45, 2.75) is 26.2 Å². The van der Waals surface area contributed by atoms with E-state index in [1.54, 1.807) is 30.3 Å². The third-order valence-corrected chi connectivity index (χ3v) is 3.69. The highest BCUT2D eigenvalue weighted by atomic mass is 16.5. The van der Waals surface area contributed by atoms with Crippen LogP contribution < -0.4 is 10.6 Å². The summed E-state index contributed by atoms with van der Waals surface area (Å²) in [5.41, 5.74) is 1.52. The number of pyridine rings is 1. The van der Waals surface area contributed by atoms with Crippen LogP contribution in [0.3, 0.4) is 0 Å². The SMILES string of the molecule is CCCCCNC(=O)c1ccc(Nc2ccccc2C(=O)OC)nc1. The predicted octanol–water partition coefficient (Wildman–Crippen LogP) is 3.53. The molecule has 1 aromatic heterocycles. The summed E-state index contributed by atoms with van der Waals surface area (Å²) in [4.78, 5) is 28.0. The average Bonchev–Trinajstić information content (AvgIpc) is 2.65. The number of benzene rings is 1. The van der Waals surface area contributed by atoms with Gasteiger partial charge in [-0.2, -0.15) is 0 Å². The number of carbonyl (C=O) groups is 2. The molecular weight excluding hydrogens is 318 g/mol. The number of esters is 1. The van der Waals surface area contributed by atoms with Crippen molar-refractivity contribution in [1.82, 2.24) is 10.3 Å². The van der Waals surface area contributed by atoms with Gasteiger partial charge in [-0.15, -0.1) is 0 Å². The number of amides is 1. The number of para-hydroxylation sites is 1. The Hall–Kier alpha value is -2.89. The van der Waals surface area contributed by atoms with Gasteiger partial charge < -0.3 is 15.4 Å². The lowest BCUT2D eigenvalue weighted by atomic mass is 10.1. The van der Waals surface area contributed by atoms with Gasteiger partial charge in [0.25, 0.3) is 5.91 Å². The van der Waals surface area contributed by atoms with E-state index in [1.165, 1.54) is 13.3 Å². The summed E-state index contributed by atoms with van der Waals surface area (Å²) < 4.78 is 4.77. The lowest BCUT2D eigenvalue weighted by Gasteiger charge is -2.10. The number of ether oxygens (including phenoxy) is 1. The van der Waals surface area contributed by atoms with Gasteiger partial charge in [-0.05, 0) is 30.7 Å². The van der Waals surface area contributed by atoms with Crippen LogP contribution in [0.25, 0.3) is 0 Å². The molecule has 0 radical (unpaired) electrons. The van der Waals surface area contributed by atoms with E-state index in [4.69, 9.17) is 4.74 Å². The van der Waals surface area contributed by atoms with Crippen molar-refractivity contribution in [2.24, 2.45) is 0 Å². The molecule has 1 heterocycles. The summed E-state index contributed by atoms with van der Waals surface area (Å²) in [7, 11) is 1.34. The summed E-state index contributed by atoms with van der Waals surface area (Å²) in [6.45, 7) is 2.79. The van der Waals surface area contributed by atoms with E-state index < -0.39 is 5.97 Å². The van der Waals surface area contributed by atoms with Crippen molar-refractivity contribution in [3.8, 4) is 0 Å². The van der Waals surface area contributed by atoms with Gasteiger partial charge in [-0.3, -0.25) is 4.79 Å².